The minimum Gasteiger partial charge on any atom is -0.481 e. The van der Waals surface area contributed by atoms with E-state index in [1.54, 1.807) is 0 Å². The highest BCUT2D eigenvalue weighted by Crippen LogP contribution is 2.17. The molecule has 0 rings (SSSR count). The van der Waals surface area contributed by atoms with Crippen molar-refractivity contribution < 1.29 is 19.4 Å². The number of esters is 1. The monoisotopic (exact) mass is 516 g/mol. The van der Waals surface area contributed by atoms with Crippen molar-refractivity contribution in [2.45, 2.75) is 148 Å². The lowest BCUT2D eigenvalue weighted by atomic mass is 10.0. The molecule has 0 spiro atoms. The summed E-state index contributed by atoms with van der Waals surface area (Å²) in [5.41, 5.74) is 0. The standard InChI is InChI=1S/C33H56O4/c1-3-5-7-9-11-13-14-15-16-17-18-19-21-23-25-30-33(36)37-31(28-26-29-32(34)35)27-24-22-20-12-10-8-6-4-2/h5,7,11,13,15-16,18-19,31H,3-4,6,8-10,12,14,17,20-30H2,1-2H3,(H,34,35)/b7-5-,13-11-,16-15-,19-18-. The number of aliphatic carboxylic acids is 1. The lowest BCUT2D eigenvalue weighted by molar-refractivity contribution is -0.150. The van der Waals surface area contributed by atoms with Crippen LogP contribution < -0.4 is 0 Å². The molecule has 0 saturated heterocycles. The highest BCUT2D eigenvalue weighted by atomic mass is 16.5. The van der Waals surface area contributed by atoms with Gasteiger partial charge in [-0.05, 0) is 70.6 Å². The van der Waals surface area contributed by atoms with E-state index in [0.717, 1.165) is 64.2 Å². The second kappa shape index (κ2) is 28.5. The second-order valence-corrected chi connectivity index (χ2v) is 9.91. The third-order valence-electron chi connectivity index (χ3n) is 6.32. The van der Waals surface area contributed by atoms with E-state index in [2.05, 4.69) is 62.5 Å². The molecule has 0 amide bonds. The van der Waals surface area contributed by atoms with Gasteiger partial charge in [-0.25, -0.2) is 0 Å². The second-order valence-electron chi connectivity index (χ2n) is 9.91. The number of carboxylic acid groups (broad SMARTS) is 1. The zero-order valence-corrected chi connectivity index (χ0v) is 24.0. The van der Waals surface area contributed by atoms with E-state index in [0.29, 0.717) is 19.3 Å². The molecule has 4 nitrogen and oxygen atoms in total. The molecule has 0 radical (unpaired) electrons. The van der Waals surface area contributed by atoms with Gasteiger partial charge in [0.2, 0.25) is 0 Å². The SMILES string of the molecule is CC/C=C\C/C=C\C/C=C\C/C=C\CCCCC(=O)OC(CCCCCCCCCC)CCCC(=O)O. The number of hydrogen-bond donors (Lipinski definition) is 1. The van der Waals surface area contributed by atoms with E-state index in [4.69, 9.17) is 9.84 Å². The van der Waals surface area contributed by atoms with Crippen LogP contribution in [0.4, 0.5) is 0 Å². The lowest BCUT2D eigenvalue weighted by Crippen LogP contribution is -2.18. The average molecular weight is 517 g/mol. The summed E-state index contributed by atoms with van der Waals surface area (Å²) in [4.78, 5) is 23.2. The van der Waals surface area contributed by atoms with Crippen LogP contribution in [0, 0.1) is 0 Å². The molecule has 212 valence electrons. The van der Waals surface area contributed by atoms with Gasteiger partial charge in [-0.3, -0.25) is 9.59 Å². The number of carboxylic acids is 1. The molecule has 0 aliphatic carbocycles. The molecular weight excluding hydrogens is 460 g/mol. The summed E-state index contributed by atoms with van der Waals surface area (Å²) >= 11 is 0. The van der Waals surface area contributed by atoms with Crippen LogP contribution in [0.2, 0.25) is 0 Å². The van der Waals surface area contributed by atoms with Gasteiger partial charge in [-0.15, -0.1) is 0 Å². The average Bonchev–Trinajstić information content (AvgIpc) is 2.87. The van der Waals surface area contributed by atoms with Crippen LogP contribution in [0.15, 0.2) is 48.6 Å². The predicted molar refractivity (Wildman–Crippen MR) is 158 cm³/mol. The molecule has 1 unspecified atom stereocenters. The van der Waals surface area contributed by atoms with Crippen molar-refractivity contribution in [1.29, 1.82) is 0 Å². The fourth-order valence-corrected chi connectivity index (χ4v) is 4.12. The minimum absolute atomic E-state index is 0.134. The Bertz CT molecular complexity index is 645. The van der Waals surface area contributed by atoms with E-state index in [1.165, 1.54) is 38.5 Å². The number of rotatable bonds is 26. The van der Waals surface area contributed by atoms with Gasteiger partial charge in [-0.2, -0.15) is 0 Å². The van der Waals surface area contributed by atoms with Gasteiger partial charge < -0.3 is 9.84 Å². The highest BCUT2D eigenvalue weighted by Gasteiger charge is 2.15. The van der Waals surface area contributed by atoms with Gasteiger partial charge in [0, 0.05) is 12.8 Å². The quantitative estimate of drug-likeness (QED) is 0.0705. The van der Waals surface area contributed by atoms with Crippen LogP contribution in [0.1, 0.15) is 142 Å². The summed E-state index contributed by atoms with van der Waals surface area (Å²) in [6.45, 7) is 4.38. The summed E-state index contributed by atoms with van der Waals surface area (Å²) in [6, 6.07) is 0. The third-order valence-corrected chi connectivity index (χ3v) is 6.32. The topological polar surface area (TPSA) is 63.6 Å². The molecule has 37 heavy (non-hydrogen) atoms. The summed E-state index contributed by atoms with van der Waals surface area (Å²) in [5, 5.41) is 8.92. The Morgan fingerprint density at radius 1 is 0.622 bits per heavy atom. The van der Waals surface area contributed by atoms with E-state index < -0.39 is 5.97 Å². The summed E-state index contributed by atoms with van der Waals surface area (Å²) < 4.78 is 5.74. The van der Waals surface area contributed by atoms with E-state index >= 15 is 0 Å². The molecule has 0 fully saturated rings. The maximum Gasteiger partial charge on any atom is 0.306 e. The molecule has 0 bridgehead atoms. The summed E-state index contributed by atoms with van der Waals surface area (Å²) in [6.07, 6.45) is 36.8. The fourth-order valence-electron chi connectivity index (χ4n) is 4.12. The van der Waals surface area contributed by atoms with Gasteiger partial charge >= 0.3 is 11.9 Å². The highest BCUT2D eigenvalue weighted by molar-refractivity contribution is 5.69. The zero-order valence-electron chi connectivity index (χ0n) is 24.0. The van der Waals surface area contributed by atoms with Crippen molar-refractivity contribution in [2.24, 2.45) is 0 Å². The van der Waals surface area contributed by atoms with Crippen LogP contribution in [-0.2, 0) is 14.3 Å². The van der Waals surface area contributed by atoms with E-state index in [9.17, 15) is 9.59 Å². The Labute approximate surface area is 228 Å². The van der Waals surface area contributed by atoms with Gasteiger partial charge in [0.05, 0.1) is 0 Å². The number of unbranched alkanes of at least 4 members (excludes halogenated alkanes) is 9. The first-order valence-electron chi connectivity index (χ1n) is 15.1. The first kappa shape index (κ1) is 34.9. The lowest BCUT2D eigenvalue weighted by Gasteiger charge is -2.18. The number of carbonyl (C=O) groups excluding carboxylic acids is 1. The van der Waals surface area contributed by atoms with Crippen molar-refractivity contribution in [3.05, 3.63) is 48.6 Å². The first-order valence-corrected chi connectivity index (χ1v) is 15.1. The zero-order chi connectivity index (χ0) is 27.2. The molecule has 0 aromatic heterocycles. The summed E-state index contributed by atoms with van der Waals surface area (Å²) in [7, 11) is 0. The van der Waals surface area contributed by atoms with Gasteiger partial charge in [0.15, 0.2) is 0 Å². The number of hydrogen-bond acceptors (Lipinski definition) is 3. The fraction of sp³-hybridized carbons (Fsp3) is 0.697. The Kier molecular flexibility index (Phi) is 26.9. The van der Waals surface area contributed by atoms with Crippen LogP contribution in [-0.4, -0.2) is 23.1 Å². The Hall–Kier alpha value is -2.10. The van der Waals surface area contributed by atoms with E-state index in [1.807, 2.05) is 0 Å². The van der Waals surface area contributed by atoms with Crippen LogP contribution in [0.25, 0.3) is 0 Å². The van der Waals surface area contributed by atoms with Crippen molar-refractivity contribution in [3.8, 4) is 0 Å². The third kappa shape index (κ3) is 28.3. The molecule has 0 saturated carbocycles. The maximum atomic E-state index is 12.3. The molecule has 0 heterocycles. The normalized spacial score (nSPS) is 12.9. The Morgan fingerprint density at radius 2 is 1.16 bits per heavy atom. The van der Waals surface area contributed by atoms with Gasteiger partial charge in [0.1, 0.15) is 6.10 Å². The number of allylic oxidation sites excluding steroid dienone is 8. The Balaban J connectivity index is 3.99. The molecule has 1 atom stereocenters. The molecule has 1 N–H and O–H groups in total. The number of ether oxygens (including phenoxy) is 1. The summed E-state index contributed by atoms with van der Waals surface area (Å²) in [5.74, 6) is -0.918. The number of carbonyl (C=O) groups is 2. The van der Waals surface area contributed by atoms with E-state index in [-0.39, 0.29) is 18.5 Å². The minimum atomic E-state index is -0.784. The van der Waals surface area contributed by atoms with Crippen molar-refractivity contribution >= 4 is 11.9 Å². The Morgan fingerprint density at radius 3 is 1.76 bits per heavy atom. The van der Waals surface area contributed by atoms with Gasteiger partial charge in [-0.1, -0.05) is 107 Å². The molecule has 0 aliphatic heterocycles. The predicted octanol–water partition coefficient (Wildman–Crippen LogP) is 10.0. The van der Waals surface area contributed by atoms with Gasteiger partial charge in [0.25, 0.3) is 0 Å². The maximum absolute atomic E-state index is 12.3. The van der Waals surface area contributed by atoms with Crippen molar-refractivity contribution in [3.63, 3.8) is 0 Å². The smallest absolute Gasteiger partial charge is 0.306 e. The molecule has 4 heteroatoms. The van der Waals surface area contributed by atoms with Crippen LogP contribution in [0.5, 0.6) is 0 Å². The van der Waals surface area contributed by atoms with Crippen molar-refractivity contribution in [1.82, 2.24) is 0 Å². The van der Waals surface area contributed by atoms with Crippen LogP contribution in [0.3, 0.4) is 0 Å². The largest absolute Gasteiger partial charge is 0.481 e. The molecule has 0 aliphatic rings. The molecular formula is C33H56O4. The molecule has 0 aromatic rings. The molecule has 0 aromatic carbocycles. The van der Waals surface area contributed by atoms with Crippen LogP contribution >= 0.6 is 0 Å². The first-order chi connectivity index (χ1) is 18.1. The van der Waals surface area contributed by atoms with Crippen molar-refractivity contribution in [2.75, 3.05) is 0 Å².